The van der Waals surface area contributed by atoms with E-state index in [4.69, 9.17) is 18.7 Å². The maximum Gasteiger partial charge on any atom is 0.517 e. The molecular formula is C18H34BNO3Si. The summed E-state index contributed by atoms with van der Waals surface area (Å²) in [5.74, 6) is 0. The Hall–Kier alpha value is -0.588. The summed E-state index contributed by atoms with van der Waals surface area (Å²) >= 11 is 0. The molecular weight excluding hydrogens is 317 g/mol. The van der Waals surface area contributed by atoms with E-state index < -0.39 is 15.2 Å². The molecule has 0 aliphatic carbocycles. The van der Waals surface area contributed by atoms with E-state index in [1.807, 2.05) is 0 Å². The van der Waals surface area contributed by atoms with Crippen molar-refractivity contribution in [2.24, 2.45) is 0 Å². The summed E-state index contributed by atoms with van der Waals surface area (Å²) in [6, 6.07) is 0. The summed E-state index contributed by atoms with van der Waals surface area (Å²) in [4.78, 5) is 4.90. The zero-order valence-corrected chi connectivity index (χ0v) is 18.1. The Bertz CT molecular complexity index is 543. The summed E-state index contributed by atoms with van der Waals surface area (Å²) in [5, 5.41) is 0. The highest BCUT2D eigenvalue weighted by Gasteiger charge is 2.54. The molecule has 6 heteroatoms. The molecule has 0 saturated carbocycles. The quantitative estimate of drug-likeness (QED) is 0.756. The van der Waals surface area contributed by atoms with E-state index in [0.29, 0.717) is 16.6 Å². The molecule has 0 radical (unpaired) electrons. The van der Waals surface area contributed by atoms with Gasteiger partial charge in [-0.3, -0.25) is 0 Å². The summed E-state index contributed by atoms with van der Waals surface area (Å²) in [6.45, 7) is 22.1. The highest BCUT2D eigenvalue weighted by atomic mass is 28.3. The van der Waals surface area contributed by atoms with Gasteiger partial charge in [0.2, 0.25) is 0 Å². The lowest BCUT2D eigenvalue weighted by atomic mass is 9.86. The Morgan fingerprint density at radius 2 is 1.29 bits per heavy atom. The normalized spacial score (nSPS) is 20.6. The van der Waals surface area contributed by atoms with Crippen LogP contribution in [0.4, 0.5) is 0 Å². The third-order valence-corrected chi connectivity index (χ3v) is 13.0. The van der Waals surface area contributed by atoms with Crippen LogP contribution in [0.25, 0.3) is 0 Å². The third kappa shape index (κ3) is 2.91. The van der Waals surface area contributed by atoms with Crippen LogP contribution < -0.4 is 11.1 Å². The summed E-state index contributed by atoms with van der Waals surface area (Å²) in [5.41, 5.74) is 2.65. The van der Waals surface area contributed by atoms with Crippen LogP contribution in [0.1, 0.15) is 69.2 Å². The van der Waals surface area contributed by atoms with Crippen LogP contribution in [0.5, 0.6) is 0 Å². The first-order chi connectivity index (χ1) is 10.9. The van der Waals surface area contributed by atoms with Gasteiger partial charge in [0.05, 0.1) is 11.2 Å². The lowest BCUT2D eigenvalue weighted by Crippen LogP contribution is -2.57. The largest absolute Gasteiger partial charge is 0.517 e. The SMILES string of the molecule is CC(C)[Si](c1nc(B2OC(C)(C)C(C)(C)O2)co1)(C(C)C)C(C)C. The van der Waals surface area contributed by atoms with E-state index in [-0.39, 0.29) is 11.2 Å². The molecule has 2 rings (SSSR count). The van der Waals surface area contributed by atoms with E-state index in [9.17, 15) is 0 Å². The minimum atomic E-state index is -1.89. The highest BCUT2D eigenvalue weighted by Crippen LogP contribution is 2.41. The van der Waals surface area contributed by atoms with Gasteiger partial charge in [-0.25, -0.2) is 4.98 Å². The van der Waals surface area contributed by atoms with Gasteiger partial charge < -0.3 is 13.7 Å². The molecule has 1 aliphatic heterocycles. The predicted molar refractivity (Wildman–Crippen MR) is 103 cm³/mol. The molecule has 0 aromatic carbocycles. The molecule has 136 valence electrons. The number of nitrogens with zero attached hydrogens (tertiary/aromatic N) is 1. The van der Waals surface area contributed by atoms with Crippen molar-refractivity contribution < 1.29 is 13.7 Å². The van der Waals surface area contributed by atoms with Crippen molar-refractivity contribution in [1.29, 1.82) is 0 Å². The predicted octanol–water partition coefficient (Wildman–Crippen LogP) is 3.86. The summed E-state index contributed by atoms with van der Waals surface area (Å²) < 4.78 is 18.3. The minimum Gasteiger partial charge on any atom is -0.454 e. The maximum absolute atomic E-state index is 6.13. The van der Waals surface area contributed by atoms with Crippen molar-refractivity contribution in [2.75, 3.05) is 0 Å². The first-order valence-electron chi connectivity index (χ1n) is 9.17. The molecule has 1 aromatic rings. The Morgan fingerprint density at radius 1 is 0.875 bits per heavy atom. The first kappa shape index (κ1) is 19.7. The van der Waals surface area contributed by atoms with Crippen LogP contribution in [0, 0.1) is 0 Å². The average molecular weight is 351 g/mol. The number of aromatic nitrogens is 1. The lowest BCUT2D eigenvalue weighted by molar-refractivity contribution is 0.00578. The fraction of sp³-hybridized carbons (Fsp3) is 0.833. The van der Waals surface area contributed by atoms with E-state index in [1.54, 1.807) is 6.26 Å². The van der Waals surface area contributed by atoms with E-state index >= 15 is 0 Å². The summed E-state index contributed by atoms with van der Waals surface area (Å²) in [7, 11) is -2.35. The van der Waals surface area contributed by atoms with Gasteiger partial charge in [-0.1, -0.05) is 41.5 Å². The van der Waals surface area contributed by atoms with Gasteiger partial charge in [-0.05, 0) is 44.3 Å². The van der Waals surface area contributed by atoms with Crippen molar-refractivity contribution in [3.8, 4) is 0 Å². The first-order valence-corrected chi connectivity index (χ1v) is 11.4. The van der Waals surface area contributed by atoms with Crippen LogP contribution >= 0.6 is 0 Å². The van der Waals surface area contributed by atoms with Crippen LogP contribution in [0.15, 0.2) is 10.7 Å². The average Bonchev–Trinajstić information content (AvgIpc) is 2.93. The number of oxazole rings is 1. The molecule has 0 bridgehead atoms. The summed E-state index contributed by atoms with van der Waals surface area (Å²) in [6.07, 6.45) is 1.74. The van der Waals surface area contributed by atoms with Crippen molar-refractivity contribution in [2.45, 2.75) is 97.1 Å². The van der Waals surface area contributed by atoms with Gasteiger partial charge in [0.15, 0.2) is 13.6 Å². The molecule has 0 amide bonds. The molecule has 0 N–H and O–H groups in total. The van der Waals surface area contributed by atoms with Crippen molar-refractivity contribution in [1.82, 2.24) is 4.98 Å². The molecule has 1 fully saturated rings. The van der Waals surface area contributed by atoms with Gasteiger partial charge in [0.25, 0.3) is 0 Å². The van der Waals surface area contributed by atoms with Crippen LogP contribution in [0.3, 0.4) is 0 Å². The van der Waals surface area contributed by atoms with Gasteiger partial charge in [0, 0.05) is 0 Å². The minimum absolute atomic E-state index is 0.362. The molecule has 2 heterocycles. The highest BCUT2D eigenvalue weighted by molar-refractivity contribution is 6.93. The van der Waals surface area contributed by atoms with E-state index in [1.165, 1.54) is 0 Å². The van der Waals surface area contributed by atoms with Crippen molar-refractivity contribution in [3.63, 3.8) is 0 Å². The Balaban J connectivity index is 2.40. The molecule has 24 heavy (non-hydrogen) atoms. The number of hydrogen-bond acceptors (Lipinski definition) is 4. The molecule has 4 nitrogen and oxygen atoms in total. The van der Waals surface area contributed by atoms with Crippen LogP contribution in [0.2, 0.25) is 16.6 Å². The lowest BCUT2D eigenvalue weighted by Gasteiger charge is -2.39. The van der Waals surface area contributed by atoms with Crippen LogP contribution in [-0.2, 0) is 9.31 Å². The van der Waals surface area contributed by atoms with E-state index in [2.05, 4.69) is 69.2 Å². The maximum atomic E-state index is 6.13. The van der Waals surface area contributed by atoms with Crippen LogP contribution in [-0.4, -0.2) is 31.4 Å². The molecule has 0 atom stereocenters. The smallest absolute Gasteiger partial charge is 0.454 e. The Kier molecular flexibility index (Phi) is 5.17. The topological polar surface area (TPSA) is 44.5 Å². The van der Waals surface area contributed by atoms with Gasteiger partial charge in [-0.2, -0.15) is 0 Å². The van der Waals surface area contributed by atoms with Crippen molar-refractivity contribution in [3.05, 3.63) is 6.26 Å². The Morgan fingerprint density at radius 3 is 1.67 bits per heavy atom. The zero-order chi connectivity index (χ0) is 18.5. The fourth-order valence-electron chi connectivity index (χ4n) is 4.30. The molecule has 0 unspecified atom stereocenters. The second-order valence-electron chi connectivity index (χ2n) is 9.06. The number of hydrogen-bond donors (Lipinski definition) is 0. The second kappa shape index (κ2) is 6.29. The Labute approximate surface area is 148 Å². The zero-order valence-electron chi connectivity index (χ0n) is 17.1. The van der Waals surface area contributed by atoms with Gasteiger partial charge in [0.1, 0.15) is 11.9 Å². The molecule has 1 aliphatic rings. The van der Waals surface area contributed by atoms with Crippen molar-refractivity contribution >= 4 is 26.3 Å². The van der Waals surface area contributed by atoms with E-state index in [0.717, 1.165) is 11.1 Å². The van der Waals surface area contributed by atoms with Gasteiger partial charge in [-0.15, -0.1) is 0 Å². The standard InChI is InChI=1S/C18H34BNO3Si/c1-12(2)24(13(3)4,14(5)6)16-20-15(11-21-16)19-22-17(7,8)18(9,10)23-19/h11-14H,1-10H3. The van der Waals surface area contributed by atoms with Gasteiger partial charge >= 0.3 is 7.12 Å². The third-order valence-electron chi connectivity index (χ3n) is 6.25. The molecule has 0 spiro atoms. The second-order valence-corrected chi connectivity index (χ2v) is 14.8. The molecule has 1 aromatic heterocycles. The fourth-order valence-corrected chi connectivity index (χ4v) is 10.4. The monoisotopic (exact) mass is 351 g/mol. The molecule has 1 saturated heterocycles. The number of rotatable bonds is 5.